The second-order valence-corrected chi connectivity index (χ2v) is 10.1. The van der Waals surface area contributed by atoms with Gasteiger partial charge in [-0.05, 0) is 98.5 Å². The summed E-state index contributed by atoms with van der Waals surface area (Å²) in [5.41, 5.74) is 13.3. The molecule has 0 aliphatic rings. The Morgan fingerprint density at radius 1 is 0.528 bits per heavy atom. The van der Waals surface area contributed by atoms with Crippen molar-refractivity contribution in [1.82, 2.24) is 4.57 Å². The maximum absolute atomic E-state index is 6.10. The molecule has 2 nitrogen and oxygen atoms in total. The average molecular weight is 466 g/mol. The predicted octanol–water partition coefficient (Wildman–Crippen LogP) is 9.58. The molecule has 0 unspecified atom stereocenters. The largest absolute Gasteiger partial charge is 0.456 e. The van der Waals surface area contributed by atoms with E-state index in [2.05, 4.69) is 111 Å². The number of aryl methyl sites for hydroxylation is 4. The van der Waals surface area contributed by atoms with Crippen LogP contribution in [0.4, 0.5) is 0 Å². The zero-order valence-electron chi connectivity index (χ0n) is 21.0. The third kappa shape index (κ3) is 3.04. The van der Waals surface area contributed by atoms with E-state index < -0.39 is 0 Å². The van der Waals surface area contributed by atoms with E-state index in [1.807, 2.05) is 12.1 Å². The van der Waals surface area contributed by atoms with E-state index in [0.29, 0.717) is 0 Å². The Bertz CT molecular complexity index is 1960. The highest BCUT2D eigenvalue weighted by Gasteiger charge is 2.16. The van der Waals surface area contributed by atoms with E-state index in [-0.39, 0.29) is 0 Å². The topological polar surface area (TPSA) is 18.1 Å². The summed E-state index contributed by atoms with van der Waals surface area (Å²) in [4.78, 5) is 0. The summed E-state index contributed by atoms with van der Waals surface area (Å²) in [6.07, 6.45) is 0. The summed E-state index contributed by atoms with van der Waals surface area (Å²) in [5.74, 6) is 0. The first-order chi connectivity index (χ1) is 17.5. The van der Waals surface area contributed by atoms with Gasteiger partial charge in [0.25, 0.3) is 0 Å². The number of benzene rings is 5. The summed E-state index contributed by atoms with van der Waals surface area (Å²) in [6.45, 7) is 8.78. The molecule has 0 saturated heterocycles. The predicted molar refractivity (Wildman–Crippen MR) is 152 cm³/mol. The smallest absolute Gasteiger partial charge is 0.135 e. The van der Waals surface area contributed by atoms with E-state index in [0.717, 1.165) is 27.6 Å². The van der Waals surface area contributed by atoms with Crippen molar-refractivity contribution in [2.24, 2.45) is 0 Å². The minimum atomic E-state index is 0.921. The van der Waals surface area contributed by atoms with Crippen LogP contribution in [-0.2, 0) is 0 Å². The Kier molecular flexibility index (Phi) is 4.44. The Balaban J connectivity index is 1.53. The molecule has 2 heterocycles. The fourth-order valence-electron chi connectivity index (χ4n) is 6.06. The van der Waals surface area contributed by atoms with Gasteiger partial charge in [-0.15, -0.1) is 0 Å². The van der Waals surface area contributed by atoms with Crippen molar-refractivity contribution in [1.29, 1.82) is 0 Å². The third-order valence-electron chi connectivity index (χ3n) is 7.50. The first kappa shape index (κ1) is 21.0. The molecule has 2 heteroatoms. The van der Waals surface area contributed by atoms with Crippen LogP contribution in [0.1, 0.15) is 22.3 Å². The molecule has 7 rings (SSSR count). The van der Waals surface area contributed by atoms with Crippen LogP contribution in [0.15, 0.2) is 95.4 Å². The molecule has 2 aromatic heterocycles. The van der Waals surface area contributed by atoms with Gasteiger partial charge in [-0.1, -0.05) is 53.6 Å². The van der Waals surface area contributed by atoms with Crippen LogP contribution >= 0.6 is 0 Å². The summed E-state index contributed by atoms with van der Waals surface area (Å²) >= 11 is 0. The molecular weight excluding hydrogens is 438 g/mol. The summed E-state index contributed by atoms with van der Waals surface area (Å²) < 4.78 is 8.49. The van der Waals surface area contributed by atoms with Crippen molar-refractivity contribution in [3.63, 3.8) is 0 Å². The Labute approximate surface area is 210 Å². The molecule has 0 atom stereocenters. The van der Waals surface area contributed by atoms with E-state index in [9.17, 15) is 0 Å². The van der Waals surface area contributed by atoms with E-state index in [4.69, 9.17) is 4.42 Å². The van der Waals surface area contributed by atoms with Gasteiger partial charge < -0.3 is 8.98 Å². The van der Waals surface area contributed by atoms with Gasteiger partial charge in [-0.25, -0.2) is 0 Å². The highest BCUT2D eigenvalue weighted by Crippen LogP contribution is 2.38. The maximum atomic E-state index is 6.10. The van der Waals surface area contributed by atoms with E-state index in [1.54, 1.807) is 0 Å². The number of fused-ring (bicyclic) bond motifs is 6. The highest BCUT2D eigenvalue weighted by atomic mass is 16.3. The van der Waals surface area contributed by atoms with Crippen molar-refractivity contribution in [3.05, 3.63) is 113 Å². The van der Waals surface area contributed by atoms with Crippen molar-refractivity contribution in [2.45, 2.75) is 27.7 Å². The lowest BCUT2D eigenvalue weighted by Gasteiger charge is -2.13. The number of nitrogens with zero attached hydrogens (tertiary/aromatic N) is 1. The quantitative estimate of drug-likeness (QED) is 0.248. The van der Waals surface area contributed by atoms with Crippen LogP contribution in [0.3, 0.4) is 0 Å². The molecule has 0 aliphatic heterocycles. The molecule has 0 fully saturated rings. The minimum Gasteiger partial charge on any atom is -0.456 e. The van der Waals surface area contributed by atoms with Crippen LogP contribution < -0.4 is 0 Å². The van der Waals surface area contributed by atoms with Crippen molar-refractivity contribution >= 4 is 43.7 Å². The maximum Gasteiger partial charge on any atom is 0.135 e. The van der Waals surface area contributed by atoms with Crippen LogP contribution in [0, 0.1) is 27.7 Å². The van der Waals surface area contributed by atoms with Gasteiger partial charge in [-0.3, -0.25) is 0 Å². The monoisotopic (exact) mass is 465 g/mol. The summed E-state index contributed by atoms with van der Waals surface area (Å²) in [6, 6.07) is 33.1. The SMILES string of the molecule is Cc1cc(C)c(-c2ccc3c(c2)c2cc(C)ccc2n3-c2ccc3oc4ccccc4c3c2)c(C)c1. The Hall–Kier alpha value is -4.30. The first-order valence-corrected chi connectivity index (χ1v) is 12.5. The van der Waals surface area contributed by atoms with Gasteiger partial charge in [0, 0.05) is 27.2 Å². The van der Waals surface area contributed by atoms with Crippen molar-refractivity contribution < 1.29 is 4.42 Å². The molecule has 0 bridgehead atoms. The van der Waals surface area contributed by atoms with Crippen LogP contribution in [0.5, 0.6) is 0 Å². The summed E-state index contributed by atoms with van der Waals surface area (Å²) in [5, 5.41) is 4.86. The number of hydrogen-bond donors (Lipinski definition) is 0. The molecule has 0 saturated carbocycles. The Morgan fingerprint density at radius 3 is 2.03 bits per heavy atom. The minimum absolute atomic E-state index is 0.921. The van der Waals surface area contributed by atoms with Gasteiger partial charge in [0.1, 0.15) is 11.2 Å². The second-order valence-electron chi connectivity index (χ2n) is 10.1. The molecule has 0 aliphatic carbocycles. The number of aromatic nitrogens is 1. The Morgan fingerprint density at radius 2 is 1.22 bits per heavy atom. The summed E-state index contributed by atoms with van der Waals surface area (Å²) in [7, 11) is 0. The third-order valence-corrected chi connectivity index (χ3v) is 7.50. The van der Waals surface area contributed by atoms with Crippen LogP contribution in [0.25, 0.3) is 60.6 Å². The number of furan rings is 1. The molecule has 36 heavy (non-hydrogen) atoms. The molecule has 0 amide bonds. The molecule has 0 spiro atoms. The lowest BCUT2D eigenvalue weighted by Crippen LogP contribution is -1.94. The molecule has 7 aromatic rings. The molecule has 0 radical (unpaired) electrons. The molecule has 174 valence electrons. The van der Waals surface area contributed by atoms with Gasteiger partial charge in [0.2, 0.25) is 0 Å². The number of rotatable bonds is 2. The zero-order chi connectivity index (χ0) is 24.6. The number of para-hydroxylation sites is 1. The molecule has 0 N–H and O–H groups in total. The second kappa shape index (κ2) is 7.60. The van der Waals surface area contributed by atoms with Crippen molar-refractivity contribution in [2.75, 3.05) is 0 Å². The number of hydrogen-bond acceptors (Lipinski definition) is 1. The standard InChI is InChI=1S/C34H27NO/c1-20-9-12-30-27(17-20)28-18-24(34-22(3)15-21(2)16-23(34)4)10-13-31(28)35(30)25-11-14-33-29(19-25)26-7-5-6-8-32(26)36-33/h5-19H,1-4H3. The van der Waals surface area contributed by atoms with Gasteiger partial charge >= 0.3 is 0 Å². The lowest BCUT2D eigenvalue weighted by molar-refractivity contribution is 0.669. The van der Waals surface area contributed by atoms with Gasteiger partial charge in [0.15, 0.2) is 0 Å². The lowest BCUT2D eigenvalue weighted by atomic mass is 9.93. The average Bonchev–Trinajstić information content (AvgIpc) is 3.38. The van der Waals surface area contributed by atoms with Crippen molar-refractivity contribution in [3.8, 4) is 16.8 Å². The van der Waals surface area contributed by atoms with E-state index in [1.165, 1.54) is 55.2 Å². The van der Waals surface area contributed by atoms with Crippen LogP contribution in [0.2, 0.25) is 0 Å². The molecular formula is C34H27NO. The highest BCUT2D eigenvalue weighted by molar-refractivity contribution is 6.12. The normalized spacial score (nSPS) is 11.9. The van der Waals surface area contributed by atoms with Crippen LogP contribution in [-0.4, -0.2) is 4.57 Å². The van der Waals surface area contributed by atoms with Gasteiger partial charge in [0.05, 0.1) is 11.0 Å². The first-order valence-electron chi connectivity index (χ1n) is 12.5. The van der Waals surface area contributed by atoms with E-state index >= 15 is 0 Å². The fraction of sp³-hybridized carbons (Fsp3) is 0.118. The fourth-order valence-corrected chi connectivity index (χ4v) is 6.06. The van der Waals surface area contributed by atoms with Gasteiger partial charge in [-0.2, -0.15) is 0 Å². The zero-order valence-corrected chi connectivity index (χ0v) is 21.0. The molecule has 5 aromatic carbocycles.